The van der Waals surface area contributed by atoms with Gasteiger partial charge in [0.1, 0.15) is 0 Å². The van der Waals surface area contributed by atoms with Crippen molar-refractivity contribution < 1.29 is 4.74 Å². The maximum Gasteiger partial charge on any atom is 0.191 e. The predicted octanol–water partition coefficient (Wildman–Crippen LogP) is 2.95. The molecule has 0 radical (unpaired) electrons. The van der Waals surface area contributed by atoms with Crippen LogP contribution >= 0.6 is 0 Å². The topological polar surface area (TPSA) is 45.7 Å². The first-order valence-electron chi connectivity index (χ1n) is 8.74. The molecule has 1 fully saturated rings. The van der Waals surface area contributed by atoms with Gasteiger partial charge in [-0.3, -0.25) is 4.99 Å². The van der Waals surface area contributed by atoms with Crippen LogP contribution in [0.15, 0.2) is 35.3 Å². The van der Waals surface area contributed by atoms with E-state index in [0.717, 1.165) is 38.7 Å². The molecule has 0 amide bonds. The standard InChI is InChI=1S/C19H31N3O/c1-16(2)14-23-13-7-12-21-18(20-3)22-15-19(10-11-19)17-8-5-4-6-9-17/h4-6,8-9,16H,7,10-15H2,1-3H3,(H2,20,21,22). The molecule has 0 bridgehead atoms. The van der Waals surface area contributed by atoms with E-state index in [9.17, 15) is 0 Å². The number of guanidine groups is 1. The third-order valence-corrected chi connectivity index (χ3v) is 4.27. The van der Waals surface area contributed by atoms with Crippen molar-refractivity contribution in [3.63, 3.8) is 0 Å². The average molecular weight is 317 g/mol. The summed E-state index contributed by atoms with van der Waals surface area (Å²) >= 11 is 0. The van der Waals surface area contributed by atoms with E-state index in [2.05, 4.69) is 59.8 Å². The highest BCUT2D eigenvalue weighted by Crippen LogP contribution is 2.47. The van der Waals surface area contributed by atoms with Crippen LogP contribution in [0.25, 0.3) is 0 Å². The van der Waals surface area contributed by atoms with Gasteiger partial charge in [0.15, 0.2) is 5.96 Å². The van der Waals surface area contributed by atoms with Crippen LogP contribution in [0.4, 0.5) is 0 Å². The third kappa shape index (κ3) is 5.87. The molecule has 1 aliphatic rings. The lowest BCUT2D eigenvalue weighted by atomic mass is 9.96. The van der Waals surface area contributed by atoms with Crippen molar-refractivity contribution in [2.24, 2.45) is 10.9 Å². The van der Waals surface area contributed by atoms with Crippen LogP contribution in [-0.4, -0.2) is 39.3 Å². The lowest BCUT2D eigenvalue weighted by Crippen LogP contribution is -2.41. The number of hydrogen-bond acceptors (Lipinski definition) is 2. The zero-order chi connectivity index (χ0) is 16.5. The average Bonchev–Trinajstić information content (AvgIpc) is 3.35. The smallest absolute Gasteiger partial charge is 0.191 e. The van der Waals surface area contributed by atoms with Crippen molar-refractivity contribution in [3.05, 3.63) is 35.9 Å². The quantitative estimate of drug-likeness (QED) is 0.418. The predicted molar refractivity (Wildman–Crippen MR) is 97.0 cm³/mol. The summed E-state index contributed by atoms with van der Waals surface area (Å²) in [5, 5.41) is 6.85. The van der Waals surface area contributed by atoms with Crippen molar-refractivity contribution in [2.45, 2.75) is 38.5 Å². The molecule has 1 aliphatic carbocycles. The Labute approximate surface area is 140 Å². The molecule has 0 atom stereocenters. The van der Waals surface area contributed by atoms with E-state index >= 15 is 0 Å². The molecule has 4 nitrogen and oxygen atoms in total. The monoisotopic (exact) mass is 317 g/mol. The number of ether oxygens (including phenoxy) is 1. The molecule has 1 saturated carbocycles. The highest BCUT2D eigenvalue weighted by Gasteiger charge is 2.43. The molecule has 0 aromatic heterocycles. The van der Waals surface area contributed by atoms with Gasteiger partial charge in [0.25, 0.3) is 0 Å². The van der Waals surface area contributed by atoms with Gasteiger partial charge in [0.2, 0.25) is 0 Å². The van der Waals surface area contributed by atoms with Crippen LogP contribution in [0.2, 0.25) is 0 Å². The Morgan fingerprint density at radius 3 is 2.57 bits per heavy atom. The molecule has 2 N–H and O–H groups in total. The Bertz CT molecular complexity index is 481. The summed E-state index contributed by atoms with van der Waals surface area (Å²) in [6.45, 7) is 7.81. The molecule has 1 aromatic rings. The van der Waals surface area contributed by atoms with E-state index < -0.39 is 0 Å². The second-order valence-electron chi connectivity index (χ2n) is 6.82. The molecule has 0 saturated heterocycles. The number of hydrogen-bond donors (Lipinski definition) is 2. The molecule has 4 heteroatoms. The SMILES string of the molecule is CN=C(NCCCOCC(C)C)NCC1(c2ccccc2)CC1. The van der Waals surface area contributed by atoms with Crippen molar-refractivity contribution >= 4 is 5.96 Å². The fraction of sp³-hybridized carbons (Fsp3) is 0.632. The second-order valence-corrected chi connectivity index (χ2v) is 6.82. The van der Waals surface area contributed by atoms with Gasteiger partial charge in [-0.15, -0.1) is 0 Å². The van der Waals surface area contributed by atoms with E-state index in [1.165, 1.54) is 18.4 Å². The minimum atomic E-state index is 0.305. The first-order chi connectivity index (χ1) is 11.2. The number of benzene rings is 1. The van der Waals surface area contributed by atoms with E-state index in [0.29, 0.717) is 11.3 Å². The Balaban J connectivity index is 1.66. The lowest BCUT2D eigenvalue weighted by molar-refractivity contribution is 0.108. The third-order valence-electron chi connectivity index (χ3n) is 4.27. The summed E-state index contributed by atoms with van der Waals surface area (Å²) in [4.78, 5) is 4.31. The van der Waals surface area contributed by atoms with Gasteiger partial charge in [0, 0.05) is 38.8 Å². The second kappa shape index (κ2) is 8.92. The Hall–Kier alpha value is -1.55. The van der Waals surface area contributed by atoms with E-state index in [4.69, 9.17) is 4.74 Å². The summed E-state index contributed by atoms with van der Waals surface area (Å²) in [5.41, 5.74) is 1.74. The maximum atomic E-state index is 5.59. The highest BCUT2D eigenvalue weighted by atomic mass is 16.5. The fourth-order valence-corrected chi connectivity index (χ4v) is 2.68. The van der Waals surface area contributed by atoms with Gasteiger partial charge in [-0.25, -0.2) is 0 Å². The van der Waals surface area contributed by atoms with Crippen LogP contribution in [0.5, 0.6) is 0 Å². The number of nitrogens with zero attached hydrogens (tertiary/aromatic N) is 1. The molecular formula is C19H31N3O. The van der Waals surface area contributed by atoms with Gasteiger partial charge >= 0.3 is 0 Å². The Morgan fingerprint density at radius 1 is 1.22 bits per heavy atom. The van der Waals surface area contributed by atoms with Crippen LogP contribution in [0.3, 0.4) is 0 Å². The first kappa shape index (κ1) is 17.8. The minimum Gasteiger partial charge on any atom is -0.381 e. The normalized spacial score (nSPS) is 16.4. The van der Waals surface area contributed by atoms with Gasteiger partial charge in [0.05, 0.1) is 0 Å². The zero-order valence-electron chi connectivity index (χ0n) is 14.8. The van der Waals surface area contributed by atoms with Gasteiger partial charge in [-0.1, -0.05) is 44.2 Å². The Morgan fingerprint density at radius 2 is 1.96 bits per heavy atom. The van der Waals surface area contributed by atoms with Crippen molar-refractivity contribution in [2.75, 3.05) is 33.4 Å². The van der Waals surface area contributed by atoms with Gasteiger partial charge in [-0.2, -0.15) is 0 Å². The summed E-state index contributed by atoms with van der Waals surface area (Å²) < 4.78 is 5.59. The van der Waals surface area contributed by atoms with Crippen molar-refractivity contribution in [1.82, 2.24) is 10.6 Å². The molecule has 0 unspecified atom stereocenters. The number of aliphatic imine (C=N–C) groups is 1. The van der Waals surface area contributed by atoms with E-state index in [1.807, 2.05) is 7.05 Å². The largest absolute Gasteiger partial charge is 0.381 e. The first-order valence-corrected chi connectivity index (χ1v) is 8.74. The Kier molecular flexibility index (Phi) is 6.90. The van der Waals surface area contributed by atoms with Crippen LogP contribution < -0.4 is 10.6 Å². The highest BCUT2D eigenvalue weighted by molar-refractivity contribution is 5.79. The van der Waals surface area contributed by atoms with Crippen molar-refractivity contribution in [1.29, 1.82) is 0 Å². The lowest BCUT2D eigenvalue weighted by Gasteiger charge is -2.19. The van der Waals surface area contributed by atoms with Crippen LogP contribution in [0.1, 0.15) is 38.7 Å². The maximum absolute atomic E-state index is 5.59. The van der Waals surface area contributed by atoms with E-state index in [-0.39, 0.29) is 0 Å². The molecule has 0 spiro atoms. The zero-order valence-corrected chi connectivity index (χ0v) is 14.8. The summed E-state index contributed by atoms with van der Waals surface area (Å²) in [5.74, 6) is 1.49. The molecule has 1 aromatic carbocycles. The molecule has 128 valence electrons. The molecule has 2 rings (SSSR count). The van der Waals surface area contributed by atoms with Gasteiger partial charge in [-0.05, 0) is 30.7 Å². The molecule has 23 heavy (non-hydrogen) atoms. The minimum absolute atomic E-state index is 0.305. The molecule has 0 aliphatic heterocycles. The van der Waals surface area contributed by atoms with Crippen LogP contribution in [0, 0.1) is 5.92 Å². The summed E-state index contributed by atoms with van der Waals surface area (Å²) in [6, 6.07) is 10.8. The molecular weight excluding hydrogens is 286 g/mol. The van der Waals surface area contributed by atoms with E-state index in [1.54, 1.807) is 0 Å². The summed E-state index contributed by atoms with van der Waals surface area (Å²) in [6.07, 6.45) is 3.51. The van der Waals surface area contributed by atoms with Crippen LogP contribution in [-0.2, 0) is 10.2 Å². The fourth-order valence-electron chi connectivity index (χ4n) is 2.68. The summed E-state index contributed by atoms with van der Waals surface area (Å²) in [7, 11) is 1.83. The molecule has 0 heterocycles. The van der Waals surface area contributed by atoms with Gasteiger partial charge < -0.3 is 15.4 Å². The number of rotatable bonds is 9. The number of nitrogens with one attached hydrogen (secondary N) is 2. The van der Waals surface area contributed by atoms with Crippen molar-refractivity contribution in [3.8, 4) is 0 Å².